The van der Waals surface area contributed by atoms with Crippen LogP contribution in [0.5, 0.6) is 0 Å². The van der Waals surface area contributed by atoms with E-state index in [1.807, 2.05) is 6.20 Å². The van der Waals surface area contributed by atoms with E-state index in [-0.39, 0.29) is 5.41 Å². The Morgan fingerprint density at radius 3 is 2.65 bits per heavy atom. The first-order chi connectivity index (χ1) is 8.00. The fraction of sp³-hybridized carbons (Fsp3) is 0.667. The predicted molar refractivity (Wildman–Crippen MR) is 73.4 cm³/mol. The van der Waals surface area contributed by atoms with Crippen molar-refractivity contribution in [1.82, 2.24) is 4.98 Å². The molecule has 94 valence electrons. The molecule has 2 nitrogen and oxygen atoms in total. The van der Waals surface area contributed by atoms with Crippen LogP contribution in [0, 0.1) is 5.92 Å². The lowest BCUT2D eigenvalue weighted by Gasteiger charge is -2.18. The molecule has 0 aliphatic heterocycles. The van der Waals surface area contributed by atoms with E-state index in [0.29, 0.717) is 6.04 Å². The molecule has 0 amide bonds. The second-order valence-electron chi connectivity index (χ2n) is 6.22. The second-order valence-corrected chi connectivity index (χ2v) is 6.22. The van der Waals surface area contributed by atoms with Crippen LogP contribution in [0.3, 0.4) is 0 Å². The molecule has 2 rings (SSSR count). The summed E-state index contributed by atoms with van der Waals surface area (Å²) in [5.74, 6) is 1.91. The lowest BCUT2D eigenvalue weighted by Crippen LogP contribution is -2.12. The van der Waals surface area contributed by atoms with Gasteiger partial charge in [0, 0.05) is 12.2 Å². The molecule has 0 saturated heterocycles. The minimum Gasteiger partial charge on any atom is -0.367 e. The first-order valence-corrected chi connectivity index (χ1v) is 6.74. The van der Waals surface area contributed by atoms with Crippen molar-refractivity contribution in [3.8, 4) is 0 Å². The van der Waals surface area contributed by atoms with E-state index < -0.39 is 0 Å². The summed E-state index contributed by atoms with van der Waals surface area (Å²) in [5, 5.41) is 3.52. The number of anilines is 1. The third-order valence-electron chi connectivity index (χ3n) is 3.54. The number of rotatable bonds is 4. The topological polar surface area (TPSA) is 24.9 Å². The molecule has 1 aromatic rings. The Morgan fingerprint density at radius 2 is 2.12 bits per heavy atom. The van der Waals surface area contributed by atoms with Crippen molar-refractivity contribution < 1.29 is 0 Å². The smallest absolute Gasteiger partial charge is 0.126 e. The van der Waals surface area contributed by atoms with Crippen LogP contribution in [0.1, 0.15) is 52.5 Å². The Morgan fingerprint density at radius 1 is 1.35 bits per heavy atom. The Kier molecular flexibility index (Phi) is 3.41. The summed E-state index contributed by atoms with van der Waals surface area (Å²) in [6.07, 6.45) is 5.95. The van der Waals surface area contributed by atoms with Crippen LogP contribution in [0.2, 0.25) is 0 Å². The van der Waals surface area contributed by atoms with Gasteiger partial charge in [0.05, 0.1) is 0 Å². The Labute approximate surface area is 105 Å². The van der Waals surface area contributed by atoms with Gasteiger partial charge in [0.2, 0.25) is 0 Å². The van der Waals surface area contributed by atoms with Gasteiger partial charge < -0.3 is 5.32 Å². The lowest BCUT2D eigenvalue weighted by atomic mass is 9.88. The number of nitrogens with zero attached hydrogens (tertiary/aromatic N) is 1. The molecule has 1 aliphatic carbocycles. The van der Waals surface area contributed by atoms with E-state index in [1.165, 1.54) is 24.8 Å². The molecule has 1 saturated carbocycles. The highest BCUT2D eigenvalue weighted by Gasteiger charge is 2.36. The monoisotopic (exact) mass is 232 g/mol. The third kappa shape index (κ3) is 3.21. The molecule has 2 unspecified atom stereocenters. The predicted octanol–water partition coefficient (Wildman–Crippen LogP) is 3.98. The quantitative estimate of drug-likeness (QED) is 0.849. The molecule has 1 N–H and O–H groups in total. The fourth-order valence-electron chi connectivity index (χ4n) is 2.23. The van der Waals surface area contributed by atoms with E-state index in [0.717, 1.165) is 11.7 Å². The van der Waals surface area contributed by atoms with Crippen LogP contribution >= 0.6 is 0 Å². The average Bonchev–Trinajstić information content (AvgIpc) is 2.96. The van der Waals surface area contributed by atoms with Crippen molar-refractivity contribution in [2.24, 2.45) is 5.92 Å². The minimum atomic E-state index is 0.190. The molecule has 2 heteroatoms. The molecule has 1 fully saturated rings. The van der Waals surface area contributed by atoms with Gasteiger partial charge in [-0.3, -0.25) is 0 Å². The fourth-order valence-corrected chi connectivity index (χ4v) is 2.23. The first-order valence-electron chi connectivity index (χ1n) is 6.74. The number of hydrogen-bond donors (Lipinski definition) is 1. The molecule has 0 radical (unpaired) electrons. The zero-order valence-electron chi connectivity index (χ0n) is 11.5. The van der Waals surface area contributed by atoms with Gasteiger partial charge in [0.25, 0.3) is 0 Å². The summed E-state index contributed by atoms with van der Waals surface area (Å²) >= 11 is 0. The SMILES string of the molecule is CCCC1CC1Nc1ccc(C(C)(C)C)cn1. The van der Waals surface area contributed by atoms with Gasteiger partial charge in [-0.25, -0.2) is 4.98 Å². The van der Waals surface area contributed by atoms with Gasteiger partial charge in [-0.1, -0.05) is 40.2 Å². The van der Waals surface area contributed by atoms with Crippen LogP contribution in [0.15, 0.2) is 18.3 Å². The summed E-state index contributed by atoms with van der Waals surface area (Å²) in [6, 6.07) is 4.97. The maximum atomic E-state index is 4.51. The Balaban J connectivity index is 1.91. The molecule has 0 aromatic carbocycles. The normalized spacial score (nSPS) is 23.5. The van der Waals surface area contributed by atoms with E-state index >= 15 is 0 Å². The summed E-state index contributed by atoms with van der Waals surface area (Å²) < 4.78 is 0. The average molecular weight is 232 g/mol. The van der Waals surface area contributed by atoms with Gasteiger partial charge in [-0.15, -0.1) is 0 Å². The molecule has 17 heavy (non-hydrogen) atoms. The van der Waals surface area contributed by atoms with E-state index in [2.05, 4.69) is 50.1 Å². The van der Waals surface area contributed by atoms with Crippen LogP contribution in [-0.2, 0) is 5.41 Å². The van der Waals surface area contributed by atoms with E-state index in [1.54, 1.807) is 0 Å². The summed E-state index contributed by atoms with van der Waals surface area (Å²) in [6.45, 7) is 8.91. The maximum Gasteiger partial charge on any atom is 0.126 e. The van der Waals surface area contributed by atoms with Crippen molar-refractivity contribution in [1.29, 1.82) is 0 Å². The van der Waals surface area contributed by atoms with Crippen molar-refractivity contribution in [3.63, 3.8) is 0 Å². The number of hydrogen-bond acceptors (Lipinski definition) is 2. The van der Waals surface area contributed by atoms with Crippen LogP contribution in [0.25, 0.3) is 0 Å². The molecular weight excluding hydrogens is 208 g/mol. The minimum absolute atomic E-state index is 0.190. The van der Waals surface area contributed by atoms with Crippen LogP contribution in [0.4, 0.5) is 5.82 Å². The van der Waals surface area contributed by atoms with Gasteiger partial charge in [-0.05, 0) is 35.8 Å². The number of nitrogens with one attached hydrogen (secondary N) is 1. The molecule has 1 aliphatic rings. The highest BCUT2D eigenvalue weighted by Crippen LogP contribution is 2.37. The van der Waals surface area contributed by atoms with Crippen LogP contribution < -0.4 is 5.32 Å². The number of aromatic nitrogens is 1. The van der Waals surface area contributed by atoms with Crippen LogP contribution in [-0.4, -0.2) is 11.0 Å². The first kappa shape index (κ1) is 12.4. The highest BCUT2D eigenvalue weighted by molar-refractivity contribution is 5.39. The largest absolute Gasteiger partial charge is 0.367 e. The standard InChI is InChI=1S/C15H24N2/c1-5-6-11-9-13(11)17-14-8-7-12(10-16-14)15(2,3)4/h7-8,10-11,13H,5-6,9H2,1-4H3,(H,16,17). The Bertz CT molecular complexity index is 362. The zero-order chi connectivity index (χ0) is 12.5. The highest BCUT2D eigenvalue weighted by atomic mass is 15.0. The van der Waals surface area contributed by atoms with E-state index in [9.17, 15) is 0 Å². The van der Waals surface area contributed by atoms with Crippen molar-refractivity contribution in [2.45, 2.75) is 58.4 Å². The lowest BCUT2D eigenvalue weighted by molar-refractivity contribution is 0.587. The second kappa shape index (κ2) is 4.67. The van der Waals surface area contributed by atoms with Crippen molar-refractivity contribution in [3.05, 3.63) is 23.9 Å². The molecule has 0 spiro atoms. The molecule has 1 heterocycles. The van der Waals surface area contributed by atoms with Gasteiger partial charge in [-0.2, -0.15) is 0 Å². The molecular formula is C15H24N2. The van der Waals surface area contributed by atoms with Gasteiger partial charge >= 0.3 is 0 Å². The summed E-state index contributed by atoms with van der Waals surface area (Å²) in [5.41, 5.74) is 1.49. The van der Waals surface area contributed by atoms with Crippen molar-refractivity contribution in [2.75, 3.05) is 5.32 Å². The molecule has 0 bridgehead atoms. The van der Waals surface area contributed by atoms with Crippen molar-refractivity contribution >= 4 is 5.82 Å². The summed E-state index contributed by atoms with van der Waals surface area (Å²) in [7, 11) is 0. The third-order valence-corrected chi connectivity index (χ3v) is 3.54. The molecule has 1 aromatic heterocycles. The Hall–Kier alpha value is -1.05. The van der Waals surface area contributed by atoms with Gasteiger partial charge in [0.1, 0.15) is 5.82 Å². The zero-order valence-corrected chi connectivity index (χ0v) is 11.5. The molecule has 2 atom stereocenters. The van der Waals surface area contributed by atoms with Gasteiger partial charge in [0.15, 0.2) is 0 Å². The summed E-state index contributed by atoms with van der Waals surface area (Å²) in [4.78, 5) is 4.51. The number of pyridine rings is 1. The van der Waals surface area contributed by atoms with E-state index in [4.69, 9.17) is 0 Å². The maximum absolute atomic E-state index is 4.51.